The number of amides is 2. The van der Waals surface area contributed by atoms with Gasteiger partial charge in [-0.3, -0.25) is 12.2 Å². The predicted octanol–water partition coefficient (Wildman–Crippen LogP) is 7.93. The summed E-state index contributed by atoms with van der Waals surface area (Å²) in [6.45, 7) is 0.986. The van der Waals surface area contributed by atoms with E-state index in [0.29, 0.717) is 49.9 Å². The molecule has 13 heteroatoms. The van der Waals surface area contributed by atoms with Crippen LogP contribution in [0.3, 0.4) is 0 Å². The molecule has 47 heavy (non-hydrogen) atoms. The third-order valence-corrected chi connectivity index (χ3v) is 5.77. The Morgan fingerprint density at radius 3 is 1.38 bits per heavy atom. The number of carbonyl (C=O) groups excluding carboxylic acids is 2. The van der Waals surface area contributed by atoms with Crippen LogP contribution in [-0.2, 0) is 44.0 Å². The summed E-state index contributed by atoms with van der Waals surface area (Å²) in [4.78, 5) is 22.0. The molecule has 0 unspecified atom stereocenters. The monoisotopic (exact) mass is 730 g/mol. The molecular formula is C34H36Cl2F4N2O4Ti. The van der Waals surface area contributed by atoms with E-state index in [9.17, 15) is 27.2 Å². The Morgan fingerprint density at radius 2 is 1.11 bits per heavy atom. The van der Waals surface area contributed by atoms with Crippen molar-refractivity contribution in [2.24, 2.45) is 0 Å². The van der Waals surface area contributed by atoms with Crippen molar-refractivity contribution in [3.8, 4) is 0 Å². The van der Waals surface area contributed by atoms with Crippen molar-refractivity contribution >= 4 is 35.4 Å². The SMILES string of the molecule is O=C(NCCCc1ccc(F)[c-]c1F)OCCCl.O=C(NCCCc1ccc(F)[c-]c1F)OCCCl.[C-]1=CC=CC1.[C-]1=CC=CC1.[Ti+4]. The van der Waals surface area contributed by atoms with E-state index in [1.54, 1.807) is 0 Å². The Morgan fingerprint density at radius 1 is 0.702 bits per heavy atom. The largest absolute Gasteiger partial charge is 4.00 e. The number of hydrogen-bond donors (Lipinski definition) is 2. The van der Waals surface area contributed by atoms with Gasteiger partial charge in [0.2, 0.25) is 0 Å². The van der Waals surface area contributed by atoms with Gasteiger partial charge in [-0.05, 0) is 12.8 Å². The van der Waals surface area contributed by atoms with Gasteiger partial charge < -0.3 is 20.1 Å². The van der Waals surface area contributed by atoms with Crippen LogP contribution in [0.15, 0.2) is 60.7 Å². The topological polar surface area (TPSA) is 76.7 Å². The van der Waals surface area contributed by atoms with Crippen molar-refractivity contribution < 1.29 is 58.3 Å². The quantitative estimate of drug-likeness (QED) is 0.0765. The molecule has 4 rings (SSSR count). The molecule has 0 spiro atoms. The minimum atomic E-state index is -0.723. The Balaban J connectivity index is 0.000000681. The zero-order chi connectivity index (χ0) is 33.8. The van der Waals surface area contributed by atoms with Gasteiger partial charge in [-0.2, -0.15) is 24.3 Å². The number of benzene rings is 2. The maximum Gasteiger partial charge on any atom is 4.00 e. The van der Waals surface area contributed by atoms with E-state index < -0.39 is 35.5 Å². The summed E-state index contributed by atoms with van der Waals surface area (Å²) in [6, 6.07) is 8.96. The van der Waals surface area contributed by atoms with Crippen LogP contribution in [0, 0.1) is 47.6 Å². The minimum absolute atomic E-state index is 0. The molecule has 2 N–H and O–H groups in total. The van der Waals surface area contributed by atoms with Gasteiger partial charge in [0.05, 0.1) is 11.8 Å². The summed E-state index contributed by atoms with van der Waals surface area (Å²) in [6.07, 6.45) is 20.7. The molecule has 0 aliphatic heterocycles. The van der Waals surface area contributed by atoms with Crippen LogP contribution in [-0.4, -0.2) is 50.2 Å². The van der Waals surface area contributed by atoms with Gasteiger partial charge in [-0.25, -0.2) is 51.5 Å². The molecule has 2 aromatic carbocycles. The molecule has 2 aromatic rings. The Bertz CT molecular complexity index is 1180. The van der Waals surface area contributed by atoms with Crippen molar-refractivity contribution in [2.75, 3.05) is 38.1 Å². The first kappa shape index (κ1) is 44.0. The van der Waals surface area contributed by atoms with Crippen LogP contribution in [0.5, 0.6) is 0 Å². The average molecular weight is 731 g/mol. The first-order valence-electron chi connectivity index (χ1n) is 14.4. The number of rotatable bonds is 12. The standard InChI is InChI=1S/2C12H13ClF2NO2.2C5H5.Ti/c2*13-5-7-18-12(17)16-6-1-2-9-3-4-10(14)8-11(9)15;2*1-2-4-5-3-1;/h2*3-4H,1-2,5-7H2,(H,16,17);2*1-3H,4H2;/q4*-1;+4. The second-order valence-corrected chi connectivity index (χ2v) is 9.76. The molecule has 0 fully saturated rings. The molecule has 0 saturated carbocycles. The van der Waals surface area contributed by atoms with Crippen LogP contribution in [0.1, 0.15) is 36.8 Å². The minimum Gasteiger partial charge on any atom is -0.448 e. The molecule has 0 atom stereocenters. The van der Waals surface area contributed by atoms with Crippen LogP contribution in [0.25, 0.3) is 0 Å². The van der Waals surface area contributed by atoms with E-state index in [1.807, 2.05) is 36.4 Å². The number of carbonyl (C=O) groups is 2. The van der Waals surface area contributed by atoms with Gasteiger partial charge in [0.25, 0.3) is 0 Å². The fourth-order valence-corrected chi connectivity index (χ4v) is 3.47. The molecule has 0 radical (unpaired) electrons. The van der Waals surface area contributed by atoms with Crippen molar-refractivity contribution in [1.29, 1.82) is 0 Å². The van der Waals surface area contributed by atoms with Crippen LogP contribution in [0.4, 0.5) is 27.2 Å². The molecule has 6 nitrogen and oxygen atoms in total. The fraction of sp³-hybridized carbons (Fsp3) is 0.353. The van der Waals surface area contributed by atoms with Crippen LogP contribution >= 0.6 is 23.2 Å². The van der Waals surface area contributed by atoms with Gasteiger partial charge >= 0.3 is 33.9 Å². The van der Waals surface area contributed by atoms with Crippen LogP contribution < -0.4 is 10.6 Å². The molecule has 0 saturated heterocycles. The number of nitrogens with one attached hydrogen (secondary N) is 2. The summed E-state index contributed by atoms with van der Waals surface area (Å²) in [5.41, 5.74) is 0.736. The summed E-state index contributed by atoms with van der Waals surface area (Å²) in [5.74, 6) is -2.36. The number of halogens is 6. The molecule has 0 bridgehead atoms. The van der Waals surface area contributed by atoms with Crippen molar-refractivity contribution in [2.45, 2.75) is 38.5 Å². The number of alkyl halides is 2. The van der Waals surface area contributed by atoms with E-state index in [1.165, 1.54) is 12.1 Å². The molecule has 2 aliphatic carbocycles. The average Bonchev–Trinajstić information content (AvgIpc) is 3.82. The normalized spacial score (nSPS) is 11.5. The number of allylic oxidation sites excluding steroid dienone is 8. The van der Waals surface area contributed by atoms with Crippen molar-refractivity contribution in [1.82, 2.24) is 10.6 Å². The van der Waals surface area contributed by atoms with E-state index >= 15 is 0 Å². The molecule has 252 valence electrons. The molecule has 2 amide bonds. The summed E-state index contributed by atoms with van der Waals surface area (Å²) in [5, 5.41) is 4.98. The molecule has 2 aliphatic rings. The van der Waals surface area contributed by atoms with E-state index in [2.05, 4.69) is 44.4 Å². The van der Waals surface area contributed by atoms with E-state index in [-0.39, 0.29) is 46.7 Å². The number of ether oxygens (including phenoxy) is 2. The second-order valence-electron chi connectivity index (χ2n) is 9.01. The maximum absolute atomic E-state index is 13.2. The van der Waals surface area contributed by atoms with Gasteiger partial charge in [-0.15, -0.1) is 71.4 Å². The first-order chi connectivity index (χ1) is 22.3. The number of hydrogen-bond acceptors (Lipinski definition) is 4. The molecular weight excluding hydrogens is 695 g/mol. The zero-order valence-electron chi connectivity index (χ0n) is 25.7. The van der Waals surface area contributed by atoms with Gasteiger partial charge in [-0.1, -0.05) is 12.8 Å². The smallest absolute Gasteiger partial charge is 0.448 e. The Labute approximate surface area is 299 Å². The maximum atomic E-state index is 13.2. The Hall–Kier alpha value is -3.05. The summed E-state index contributed by atoms with van der Waals surface area (Å²) in [7, 11) is 0. The van der Waals surface area contributed by atoms with Gasteiger partial charge in [0.15, 0.2) is 0 Å². The summed E-state index contributed by atoms with van der Waals surface area (Å²) < 4.78 is 60.9. The van der Waals surface area contributed by atoms with Crippen LogP contribution in [0.2, 0.25) is 0 Å². The zero-order valence-corrected chi connectivity index (χ0v) is 28.7. The Kier molecular flexibility index (Phi) is 27.2. The van der Waals surface area contributed by atoms with Crippen molar-refractivity contribution in [3.63, 3.8) is 0 Å². The van der Waals surface area contributed by atoms with E-state index in [4.69, 9.17) is 23.2 Å². The molecule has 0 heterocycles. The predicted molar refractivity (Wildman–Crippen MR) is 170 cm³/mol. The van der Waals surface area contributed by atoms with E-state index in [0.717, 1.165) is 25.0 Å². The summed E-state index contributed by atoms with van der Waals surface area (Å²) >= 11 is 10.7. The van der Waals surface area contributed by atoms with Gasteiger partial charge in [0.1, 0.15) is 13.2 Å². The van der Waals surface area contributed by atoms with Crippen molar-refractivity contribution in [3.05, 3.63) is 119 Å². The molecule has 0 aromatic heterocycles. The third-order valence-electron chi connectivity index (χ3n) is 5.46. The second kappa shape index (κ2) is 29.1. The fourth-order valence-electron chi connectivity index (χ4n) is 3.32. The third kappa shape index (κ3) is 23.9. The number of aryl methyl sites for hydroxylation is 2. The first-order valence-corrected chi connectivity index (χ1v) is 15.4. The van der Waals surface area contributed by atoms with Gasteiger partial charge in [0, 0.05) is 36.4 Å². The number of alkyl carbamates (subject to hydrolysis) is 2.